The molecule has 1 unspecified atom stereocenters. The second-order valence-corrected chi connectivity index (χ2v) is 8.10. The lowest BCUT2D eigenvalue weighted by Crippen LogP contribution is -2.52. The molecular formula is C19H33N5O2. The summed E-state index contributed by atoms with van der Waals surface area (Å²) < 4.78 is 5.22. The van der Waals surface area contributed by atoms with Crippen LogP contribution < -0.4 is 5.32 Å². The largest absolute Gasteiger partial charge is 0.339 e. The molecule has 1 atom stereocenters. The first-order chi connectivity index (χ1) is 12.5. The summed E-state index contributed by atoms with van der Waals surface area (Å²) >= 11 is 0. The Hall–Kier alpha value is -1.63. The van der Waals surface area contributed by atoms with E-state index in [4.69, 9.17) is 4.52 Å². The average molecular weight is 364 g/mol. The van der Waals surface area contributed by atoms with Crippen molar-refractivity contribution in [1.82, 2.24) is 25.3 Å². The van der Waals surface area contributed by atoms with Crippen molar-refractivity contribution in [3.63, 3.8) is 0 Å². The Morgan fingerprint density at radius 3 is 2.77 bits per heavy atom. The molecule has 1 aliphatic carbocycles. The maximum Gasteiger partial charge on any atom is 0.317 e. The van der Waals surface area contributed by atoms with Crippen LogP contribution in [-0.4, -0.2) is 64.7 Å². The quantitative estimate of drug-likeness (QED) is 0.841. The van der Waals surface area contributed by atoms with Crippen molar-refractivity contribution in [3.05, 3.63) is 11.7 Å². The van der Waals surface area contributed by atoms with Crippen LogP contribution in [0.25, 0.3) is 0 Å². The summed E-state index contributed by atoms with van der Waals surface area (Å²) in [5.74, 6) is 1.55. The number of nitrogens with one attached hydrogen (secondary N) is 1. The molecule has 7 nitrogen and oxygen atoms in total. The molecule has 2 fully saturated rings. The molecule has 2 aliphatic rings. The Labute approximate surface area is 156 Å². The number of likely N-dealkylation sites (tertiary alicyclic amines) is 1. The van der Waals surface area contributed by atoms with Crippen LogP contribution >= 0.6 is 0 Å². The molecule has 1 aliphatic heterocycles. The van der Waals surface area contributed by atoms with Gasteiger partial charge in [-0.05, 0) is 32.2 Å². The van der Waals surface area contributed by atoms with E-state index >= 15 is 0 Å². The number of hydrogen-bond donors (Lipinski definition) is 1. The van der Waals surface area contributed by atoms with Gasteiger partial charge in [0, 0.05) is 44.6 Å². The number of urea groups is 1. The highest BCUT2D eigenvalue weighted by Gasteiger charge is 2.29. The first-order valence-corrected chi connectivity index (χ1v) is 10.1. The van der Waals surface area contributed by atoms with Crippen molar-refractivity contribution in [2.24, 2.45) is 0 Å². The van der Waals surface area contributed by atoms with Gasteiger partial charge in [-0.15, -0.1) is 0 Å². The van der Waals surface area contributed by atoms with Crippen molar-refractivity contribution in [2.75, 3.05) is 26.7 Å². The molecule has 2 amide bonds. The molecule has 3 rings (SSSR count). The molecule has 1 saturated carbocycles. The van der Waals surface area contributed by atoms with Gasteiger partial charge in [0.1, 0.15) is 0 Å². The molecule has 1 aromatic heterocycles. The van der Waals surface area contributed by atoms with Gasteiger partial charge in [0.2, 0.25) is 5.89 Å². The average Bonchev–Trinajstić information content (AvgIpc) is 3.31. The van der Waals surface area contributed by atoms with E-state index in [0.717, 1.165) is 19.0 Å². The van der Waals surface area contributed by atoms with Crippen molar-refractivity contribution in [1.29, 1.82) is 0 Å². The lowest BCUT2D eigenvalue weighted by atomic mass is 10.0. The monoisotopic (exact) mass is 363 g/mol. The fourth-order valence-corrected chi connectivity index (χ4v) is 3.98. The fraction of sp³-hybridized carbons (Fsp3) is 0.842. The molecule has 1 aromatic rings. The number of aromatic nitrogens is 2. The van der Waals surface area contributed by atoms with Crippen LogP contribution in [0.5, 0.6) is 0 Å². The van der Waals surface area contributed by atoms with Gasteiger partial charge in [0.05, 0.1) is 0 Å². The highest BCUT2D eigenvalue weighted by atomic mass is 16.5. The van der Waals surface area contributed by atoms with E-state index in [-0.39, 0.29) is 18.0 Å². The van der Waals surface area contributed by atoms with E-state index in [1.54, 1.807) is 4.90 Å². The van der Waals surface area contributed by atoms with Gasteiger partial charge in [-0.3, -0.25) is 4.90 Å². The minimum Gasteiger partial charge on any atom is -0.339 e. The highest BCUT2D eigenvalue weighted by molar-refractivity contribution is 5.74. The Balaban J connectivity index is 1.42. The molecule has 0 bridgehead atoms. The lowest BCUT2D eigenvalue weighted by Gasteiger charge is -2.37. The maximum atomic E-state index is 12.5. The Bertz CT molecular complexity index is 582. The summed E-state index contributed by atoms with van der Waals surface area (Å²) in [6, 6.07) is 0.994. The second kappa shape index (κ2) is 8.84. The van der Waals surface area contributed by atoms with Crippen molar-refractivity contribution >= 4 is 6.03 Å². The van der Waals surface area contributed by atoms with E-state index < -0.39 is 0 Å². The molecule has 0 spiro atoms. The maximum absolute atomic E-state index is 12.5. The second-order valence-electron chi connectivity index (χ2n) is 8.10. The third-order valence-electron chi connectivity index (χ3n) is 5.62. The summed E-state index contributed by atoms with van der Waals surface area (Å²) in [6.45, 7) is 6.81. The molecule has 146 valence electrons. The number of carbonyl (C=O) groups excluding carboxylic acids is 1. The zero-order valence-corrected chi connectivity index (χ0v) is 16.4. The Kier molecular flexibility index (Phi) is 6.51. The van der Waals surface area contributed by atoms with Crippen LogP contribution in [-0.2, 0) is 6.42 Å². The summed E-state index contributed by atoms with van der Waals surface area (Å²) in [5, 5.41) is 7.20. The molecule has 0 aromatic carbocycles. The smallest absolute Gasteiger partial charge is 0.317 e. The normalized spacial score (nSPS) is 22.1. The number of piperidine rings is 1. The fourth-order valence-electron chi connectivity index (χ4n) is 3.98. The van der Waals surface area contributed by atoms with Gasteiger partial charge in [-0.2, -0.15) is 4.98 Å². The summed E-state index contributed by atoms with van der Waals surface area (Å²) in [4.78, 5) is 21.2. The van der Waals surface area contributed by atoms with Crippen molar-refractivity contribution < 1.29 is 9.32 Å². The Morgan fingerprint density at radius 2 is 2.08 bits per heavy atom. The van der Waals surface area contributed by atoms with Crippen LogP contribution in [0, 0.1) is 0 Å². The van der Waals surface area contributed by atoms with Gasteiger partial charge in [-0.25, -0.2) is 4.79 Å². The molecule has 1 N–H and O–H groups in total. The van der Waals surface area contributed by atoms with Crippen molar-refractivity contribution in [2.45, 2.75) is 76.8 Å². The topological polar surface area (TPSA) is 74.5 Å². The summed E-state index contributed by atoms with van der Waals surface area (Å²) in [7, 11) is 1.83. The van der Waals surface area contributed by atoms with Gasteiger partial charge in [-0.1, -0.05) is 31.8 Å². The van der Waals surface area contributed by atoms with Gasteiger partial charge in [0.25, 0.3) is 0 Å². The first-order valence-electron chi connectivity index (χ1n) is 10.1. The zero-order chi connectivity index (χ0) is 18.5. The SMILES string of the molecule is CC(C)c1nc(CCN(C)C(=O)NC2CCCN(C3CCCC3)C2)no1. The minimum atomic E-state index is -0.00384. The number of likely N-dealkylation sites (N-methyl/N-ethyl adjacent to an activating group) is 1. The lowest BCUT2D eigenvalue weighted by molar-refractivity contribution is 0.135. The predicted molar refractivity (Wildman–Crippen MR) is 100 cm³/mol. The standard InChI is InChI=1S/C19H33N5O2/c1-14(2)18-21-17(22-26-18)10-12-23(3)19(25)20-15-7-6-11-24(13-15)16-8-4-5-9-16/h14-16H,4-13H2,1-3H3,(H,20,25). The predicted octanol–water partition coefficient (Wildman–Crippen LogP) is 2.78. The van der Waals surface area contributed by atoms with E-state index in [1.807, 2.05) is 20.9 Å². The zero-order valence-electron chi connectivity index (χ0n) is 16.4. The first kappa shape index (κ1) is 19.1. The van der Waals surface area contributed by atoms with Crippen LogP contribution in [0.4, 0.5) is 4.79 Å². The summed E-state index contributed by atoms with van der Waals surface area (Å²) in [6.07, 6.45) is 8.22. The molecule has 2 heterocycles. The number of nitrogens with zero attached hydrogens (tertiary/aromatic N) is 4. The van der Waals surface area contributed by atoms with Crippen LogP contribution in [0.2, 0.25) is 0 Å². The van der Waals surface area contributed by atoms with E-state index in [2.05, 4.69) is 20.4 Å². The van der Waals surface area contributed by atoms with Gasteiger partial charge in [0.15, 0.2) is 5.82 Å². The van der Waals surface area contributed by atoms with Gasteiger partial charge < -0.3 is 14.7 Å². The minimum absolute atomic E-state index is 0.00384. The molecule has 0 radical (unpaired) electrons. The molecule has 7 heteroatoms. The van der Waals surface area contributed by atoms with Crippen LogP contribution in [0.1, 0.15) is 70.0 Å². The third-order valence-corrected chi connectivity index (χ3v) is 5.62. The van der Waals surface area contributed by atoms with Crippen LogP contribution in [0.3, 0.4) is 0 Å². The number of amides is 2. The van der Waals surface area contributed by atoms with Gasteiger partial charge >= 0.3 is 6.03 Å². The Morgan fingerprint density at radius 1 is 1.31 bits per heavy atom. The number of rotatable bonds is 6. The molecule has 26 heavy (non-hydrogen) atoms. The van der Waals surface area contributed by atoms with E-state index in [0.29, 0.717) is 24.7 Å². The molecule has 1 saturated heterocycles. The van der Waals surface area contributed by atoms with E-state index in [9.17, 15) is 4.79 Å². The van der Waals surface area contributed by atoms with Crippen LogP contribution in [0.15, 0.2) is 4.52 Å². The van der Waals surface area contributed by atoms with Crippen molar-refractivity contribution in [3.8, 4) is 0 Å². The third kappa shape index (κ3) is 4.96. The number of carbonyl (C=O) groups is 1. The highest BCUT2D eigenvalue weighted by Crippen LogP contribution is 2.26. The van der Waals surface area contributed by atoms with E-state index in [1.165, 1.54) is 38.6 Å². The summed E-state index contributed by atoms with van der Waals surface area (Å²) in [5.41, 5.74) is 0. The molecular weight excluding hydrogens is 330 g/mol. The number of hydrogen-bond acceptors (Lipinski definition) is 5.